The second-order valence-electron chi connectivity index (χ2n) is 9.51. The van der Waals surface area contributed by atoms with Crippen LogP contribution in [0.5, 0.6) is 0 Å². The van der Waals surface area contributed by atoms with Gasteiger partial charge in [-0.25, -0.2) is 9.69 Å². The van der Waals surface area contributed by atoms with Crippen LogP contribution in [0, 0.1) is 11.8 Å². The first kappa shape index (κ1) is 22.6. The summed E-state index contributed by atoms with van der Waals surface area (Å²) in [7, 11) is 3.06. The number of imide groups is 1. The fourth-order valence-corrected chi connectivity index (χ4v) is 5.12. The summed E-state index contributed by atoms with van der Waals surface area (Å²) in [5.41, 5.74) is -1.05. The van der Waals surface area contributed by atoms with Gasteiger partial charge in [0.25, 0.3) is 5.91 Å². The van der Waals surface area contributed by atoms with Crippen molar-refractivity contribution in [1.82, 2.24) is 20.0 Å². The molecule has 0 aromatic rings. The molecule has 1 saturated carbocycles. The number of nitrogens with zero attached hydrogens (tertiary/aromatic N) is 3. The molecule has 3 aliphatic rings. The first-order valence-electron chi connectivity index (χ1n) is 11.3. The number of likely N-dealkylation sites (N-methyl/N-ethyl adjacent to an activating group) is 2. The van der Waals surface area contributed by atoms with Crippen LogP contribution in [0.4, 0.5) is 4.79 Å². The molecule has 0 aromatic heterocycles. The third-order valence-electron chi connectivity index (χ3n) is 7.29. The molecule has 0 unspecified atom stereocenters. The second-order valence-corrected chi connectivity index (χ2v) is 9.51. The van der Waals surface area contributed by atoms with E-state index in [9.17, 15) is 19.2 Å². The van der Waals surface area contributed by atoms with Gasteiger partial charge in [-0.2, -0.15) is 0 Å². The number of nitrogens with one attached hydrogen (secondary N) is 1. The Morgan fingerprint density at radius 3 is 2.17 bits per heavy atom. The van der Waals surface area contributed by atoms with Crippen LogP contribution in [0.2, 0.25) is 0 Å². The molecule has 0 aromatic carbocycles. The molecule has 5 amide bonds. The molecule has 3 rings (SSSR count). The van der Waals surface area contributed by atoms with Crippen LogP contribution >= 0.6 is 0 Å². The maximum Gasteiger partial charge on any atom is 0.328 e. The highest BCUT2D eigenvalue weighted by atomic mass is 16.2. The van der Waals surface area contributed by atoms with Gasteiger partial charge in [-0.05, 0) is 45.4 Å². The monoisotopic (exact) mass is 420 g/mol. The number of urea groups is 1. The minimum Gasteiger partial charge on any atom is -0.357 e. The smallest absolute Gasteiger partial charge is 0.328 e. The van der Waals surface area contributed by atoms with Crippen LogP contribution in [0.3, 0.4) is 0 Å². The lowest BCUT2D eigenvalue weighted by Gasteiger charge is -2.37. The van der Waals surface area contributed by atoms with E-state index in [4.69, 9.17) is 0 Å². The van der Waals surface area contributed by atoms with Gasteiger partial charge >= 0.3 is 6.03 Å². The highest BCUT2D eigenvalue weighted by Gasteiger charge is 2.56. The minimum absolute atomic E-state index is 0.0943. The Morgan fingerprint density at radius 1 is 1.07 bits per heavy atom. The topological polar surface area (TPSA) is 90.0 Å². The number of hydrogen-bond acceptors (Lipinski definition) is 4. The van der Waals surface area contributed by atoms with E-state index in [1.165, 1.54) is 11.9 Å². The Morgan fingerprint density at radius 2 is 1.67 bits per heavy atom. The number of likely N-dealkylation sites (tertiary alicyclic amines) is 1. The summed E-state index contributed by atoms with van der Waals surface area (Å²) in [6.45, 7) is 4.70. The van der Waals surface area contributed by atoms with Crippen LogP contribution in [-0.4, -0.2) is 77.2 Å². The summed E-state index contributed by atoms with van der Waals surface area (Å²) >= 11 is 0. The Kier molecular flexibility index (Phi) is 6.72. The molecular weight excluding hydrogens is 384 g/mol. The summed E-state index contributed by atoms with van der Waals surface area (Å²) < 4.78 is 0. The molecule has 30 heavy (non-hydrogen) atoms. The third kappa shape index (κ3) is 4.05. The number of amides is 5. The van der Waals surface area contributed by atoms with Gasteiger partial charge in [0.15, 0.2) is 0 Å². The molecule has 1 N–H and O–H groups in total. The lowest BCUT2D eigenvalue weighted by atomic mass is 9.84. The largest absolute Gasteiger partial charge is 0.357 e. The molecule has 1 aliphatic carbocycles. The van der Waals surface area contributed by atoms with Crippen molar-refractivity contribution in [2.75, 3.05) is 27.2 Å². The maximum absolute atomic E-state index is 13.6. The van der Waals surface area contributed by atoms with Crippen molar-refractivity contribution in [2.24, 2.45) is 11.8 Å². The van der Waals surface area contributed by atoms with Crippen LogP contribution in [-0.2, 0) is 14.4 Å². The van der Waals surface area contributed by atoms with Gasteiger partial charge in [0.05, 0.1) is 5.92 Å². The number of hydrogen-bond donors (Lipinski definition) is 1. The highest BCUT2D eigenvalue weighted by molar-refractivity contribution is 6.10. The van der Waals surface area contributed by atoms with Crippen molar-refractivity contribution in [1.29, 1.82) is 0 Å². The van der Waals surface area contributed by atoms with Gasteiger partial charge in [-0.3, -0.25) is 14.4 Å². The summed E-state index contributed by atoms with van der Waals surface area (Å²) in [5.74, 6) is -1.33. The molecule has 2 aliphatic heterocycles. The molecule has 0 radical (unpaired) electrons. The fraction of sp³-hybridized carbons (Fsp3) is 0.818. The van der Waals surface area contributed by atoms with E-state index in [0.29, 0.717) is 25.4 Å². The van der Waals surface area contributed by atoms with Crippen molar-refractivity contribution < 1.29 is 19.2 Å². The van der Waals surface area contributed by atoms with Gasteiger partial charge < -0.3 is 15.1 Å². The van der Waals surface area contributed by atoms with Crippen molar-refractivity contribution in [2.45, 2.75) is 76.8 Å². The number of carbonyl (C=O) groups excluding carboxylic acids is 4. The lowest BCUT2D eigenvalue weighted by molar-refractivity contribution is -0.147. The van der Waals surface area contributed by atoms with E-state index >= 15 is 0 Å². The van der Waals surface area contributed by atoms with E-state index in [0.717, 1.165) is 49.8 Å². The summed E-state index contributed by atoms with van der Waals surface area (Å²) in [6.07, 6.45) is 7.82. The Hall–Kier alpha value is -2.12. The highest BCUT2D eigenvalue weighted by Crippen LogP contribution is 2.36. The molecule has 168 valence electrons. The summed E-state index contributed by atoms with van der Waals surface area (Å²) in [6, 6.07) is -1.63. The Balaban J connectivity index is 1.98. The SMILES string of the molecule is CNC(=O)[C@H]([C@@H](CC1CCCC1)C(=O)N1CCCCC1)N1C(=O)N(C)C(C)(C)C1=O. The van der Waals surface area contributed by atoms with E-state index in [2.05, 4.69) is 5.32 Å². The number of rotatable bonds is 6. The van der Waals surface area contributed by atoms with E-state index in [-0.39, 0.29) is 5.91 Å². The number of carbonyl (C=O) groups is 4. The van der Waals surface area contributed by atoms with Crippen molar-refractivity contribution in [3.8, 4) is 0 Å². The van der Waals surface area contributed by atoms with Gasteiger partial charge in [-0.1, -0.05) is 25.7 Å². The molecule has 8 nitrogen and oxygen atoms in total. The van der Waals surface area contributed by atoms with Crippen LogP contribution in [0.15, 0.2) is 0 Å². The van der Waals surface area contributed by atoms with Crippen LogP contribution in [0.1, 0.15) is 65.2 Å². The molecule has 2 atom stereocenters. The molecule has 2 saturated heterocycles. The van der Waals surface area contributed by atoms with Crippen LogP contribution in [0.25, 0.3) is 0 Å². The quantitative estimate of drug-likeness (QED) is 0.666. The van der Waals surface area contributed by atoms with E-state index in [1.54, 1.807) is 20.9 Å². The fourth-order valence-electron chi connectivity index (χ4n) is 5.12. The predicted molar refractivity (Wildman–Crippen MR) is 112 cm³/mol. The zero-order valence-corrected chi connectivity index (χ0v) is 18.8. The van der Waals surface area contributed by atoms with Crippen molar-refractivity contribution >= 4 is 23.8 Å². The molecular formula is C22H36N4O4. The average molecular weight is 421 g/mol. The normalized spacial score (nSPS) is 24.3. The molecule has 3 fully saturated rings. The van der Waals surface area contributed by atoms with Crippen molar-refractivity contribution in [3.63, 3.8) is 0 Å². The molecule has 0 spiro atoms. The maximum atomic E-state index is 13.6. The van der Waals surface area contributed by atoms with Gasteiger partial charge in [0, 0.05) is 27.2 Å². The Bertz CT molecular complexity index is 695. The first-order chi connectivity index (χ1) is 14.2. The lowest BCUT2D eigenvalue weighted by Crippen LogP contribution is -2.58. The van der Waals surface area contributed by atoms with E-state index in [1.807, 2.05) is 4.90 Å². The molecule has 0 bridgehead atoms. The van der Waals surface area contributed by atoms with Gasteiger partial charge in [0.2, 0.25) is 11.8 Å². The third-order valence-corrected chi connectivity index (χ3v) is 7.29. The van der Waals surface area contributed by atoms with Gasteiger partial charge in [-0.15, -0.1) is 0 Å². The summed E-state index contributed by atoms with van der Waals surface area (Å²) in [4.78, 5) is 57.2. The molecule has 2 heterocycles. The van der Waals surface area contributed by atoms with Gasteiger partial charge in [0.1, 0.15) is 11.6 Å². The molecule has 8 heteroatoms. The summed E-state index contributed by atoms with van der Waals surface area (Å²) in [5, 5.41) is 2.61. The van der Waals surface area contributed by atoms with Crippen molar-refractivity contribution in [3.05, 3.63) is 0 Å². The zero-order chi connectivity index (χ0) is 22.1. The van der Waals surface area contributed by atoms with E-state index < -0.39 is 35.3 Å². The van der Waals surface area contributed by atoms with Crippen LogP contribution < -0.4 is 5.32 Å². The number of piperidine rings is 1. The average Bonchev–Trinajstić information content (AvgIpc) is 3.31. The zero-order valence-electron chi connectivity index (χ0n) is 18.8. The first-order valence-corrected chi connectivity index (χ1v) is 11.3. The standard InChI is InChI=1S/C22H36N4O4/c1-22(2)20(29)26(21(30)24(22)4)17(18(27)23-3)16(14-15-10-6-7-11-15)19(28)25-12-8-5-9-13-25/h15-17H,5-14H2,1-4H3,(H,23,27)/t16-,17+/m1/s1. The second kappa shape index (κ2) is 8.94. The predicted octanol–water partition coefficient (Wildman–Crippen LogP) is 1.98. The minimum atomic E-state index is -1.12. The Labute approximate surface area is 179 Å².